The second-order valence-electron chi connectivity index (χ2n) is 2.81. The molecule has 6 heteroatoms. The highest BCUT2D eigenvalue weighted by atomic mass is 16.4. The number of carboxylic acid groups (broad SMARTS) is 1. The van der Waals surface area contributed by atoms with Crippen LogP contribution in [0.15, 0.2) is 12.3 Å². The minimum absolute atomic E-state index is 0.154. The van der Waals surface area contributed by atoms with Crippen LogP contribution in [0.4, 0.5) is 0 Å². The Morgan fingerprint density at radius 3 is 3.00 bits per heavy atom. The number of aromatic nitrogens is 2. The van der Waals surface area contributed by atoms with Gasteiger partial charge in [0.25, 0.3) is 0 Å². The normalized spacial score (nSPS) is 12.1. The third kappa shape index (κ3) is 2.32. The quantitative estimate of drug-likeness (QED) is 0.634. The zero-order chi connectivity index (χ0) is 10.6. The molecule has 0 spiro atoms. The Morgan fingerprint density at radius 2 is 2.57 bits per heavy atom. The maximum Gasteiger partial charge on any atom is 0.305 e. The number of carbonyl (C=O) groups excluding carboxylic acids is 1. The molecule has 0 aliphatic carbocycles. The van der Waals surface area contributed by atoms with E-state index in [1.807, 2.05) is 0 Å². The summed E-state index contributed by atoms with van der Waals surface area (Å²) in [4.78, 5) is 20.8. The average molecular weight is 197 g/mol. The molecule has 1 atom stereocenters. The van der Waals surface area contributed by atoms with Gasteiger partial charge in [-0.1, -0.05) is 0 Å². The molecule has 0 radical (unpaired) electrons. The van der Waals surface area contributed by atoms with Crippen molar-refractivity contribution < 1.29 is 14.7 Å². The SMILES string of the molecule is Cn1nccc1[C@@H](CC(=O)O)NC=O. The van der Waals surface area contributed by atoms with Crippen LogP contribution in [0.25, 0.3) is 0 Å². The first-order valence-electron chi connectivity index (χ1n) is 4.04. The molecule has 0 unspecified atom stereocenters. The van der Waals surface area contributed by atoms with Gasteiger partial charge < -0.3 is 10.4 Å². The van der Waals surface area contributed by atoms with Crippen LogP contribution in [0.1, 0.15) is 18.2 Å². The molecule has 1 aromatic heterocycles. The minimum atomic E-state index is -0.967. The van der Waals surface area contributed by atoms with Crippen molar-refractivity contribution in [1.29, 1.82) is 0 Å². The number of aliphatic carboxylic acids is 1. The number of carboxylic acids is 1. The Balaban J connectivity index is 2.82. The fourth-order valence-corrected chi connectivity index (χ4v) is 1.23. The summed E-state index contributed by atoms with van der Waals surface area (Å²) in [5, 5.41) is 14.9. The second-order valence-corrected chi connectivity index (χ2v) is 2.81. The Hall–Kier alpha value is -1.85. The number of amides is 1. The van der Waals surface area contributed by atoms with Crippen molar-refractivity contribution >= 4 is 12.4 Å². The third-order valence-corrected chi connectivity index (χ3v) is 1.86. The van der Waals surface area contributed by atoms with Crippen molar-refractivity contribution in [2.45, 2.75) is 12.5 Å². The highest BCUT2D eigenvalue weighted by Crippen LogP contribution is 2.14. The van der Waals surface area contributed by atoms with Crippen molar-refractivity contribution in [3.8, 4) is 0 Å². The Bertz CT molecular complexity index is 334. The van der Waals surface area contributed by atoms with E-state index < -0.39 is 12.0 Å². The molecule has 0 bridgehead atoms. The summed E-state index contributed by atoms with van der Waals surface area (Å²) >= 11 is 0. The topological polar surface area (TPSA) is 84.2 Å². The van der Waals surface area contributed by atoms with Crippen LogP contribution in [0.3, 0.4) is 0 Å². The van der Waals surface area contributed by atoms with Crippen LogP contribution in [0, 0.1) is 0 Å². The molecule has 2 N–H and O–H groups in total. The lowest BCUT2D eigenvalue weighted by molar-refractivity contribution is -0.137. The van der Waals surface area contributed by atoms with Crippen LogP contribution >= 0.6 is 0 Å². The lowest BCUT2D eigenvalue weighted by Crippen LogP contribution is -2.24. The maximum absolute atomic E-state index is 10.5. The molecule has 1 heterocycles. The predicted molar refractivity (Wildman–Crippen MR) is 47.4 cm³/mol. The smallest absolute Gasteiger partial charge is 0.305 e. The molecular formula is C8H11N3O3. The van der Waals surface area contributed by atoms with Gasteiger partial charge in [-0.15, -0.1) is 0 Å². The van der Waals surface area contributed by atoms with Gasteiger partial charge in [0, 0.05) is 13.2 Å². The summed E-state index contributed by atoms with van der Waals surface area (Å²) in [7, 11) is 1.69. The number of nitrogens with zero attached hydrogens (tertiary/aromatic N) is 2. The lowest BCUT2D eigenvalue weighted by Gasteiger charge is -2.13. The van der Waals surface area contributed by atoms with E-state index in [-0.39, 0.29) is 6.42 Å². The Kier molecular flexibility index (Phi) is 3.22. The van der Waals surface area contributed by atoms with Gasteiger partial charge in [0.2, 0.25) is 6.41 Å². The fourth-order valence-electron chi connectivity index (χ4n) is 1.23. The Morgan fingerprint density at radius 1 is 1.86 bits per heavy atom. The van der Waals surface area contributed by atoms with Crippen LogP contribution in [-0.2, 0) is 16.6 Å². The number of nitrogens with one attached hydrogen (secondary N) is 1. The standard InChI is InChI=1S/C8H11N3O3/c1-11-7(2-3-10-11)6(9-5-12)4-8(13)14/h2-3,5-6H,4H2,1H3,(H,9,12)(H,13,14)/t6-/m1/s1. The van der Waals surface area contributed by atoms with E-state index >= 15 is 0 Å². The van der Waals surface area contributed by atoms with Crippen molar-refractivity contribution in [2.24, 2.45) is 7.05 Å². The molecule has 14 heavy (non-hydrogen) atoms. The summed E-state index contributed by atoms with van der Waals surface area (Å²) in [6.07, 6.45) is 1.88. The highest BCUT2D eigenvalue weighted by Gasteiger charge is 2.17. The molecule has 0 aliphatic rings. The molecule has 0 fully saturated rings. The van der Waals surface area contributed by atoms with Gasteiger partial charge in [0.1, 0.15) is 0 Å². The molecule has 0 aromatic carbocycles. The highest BCUT2D eigenvalue weighted by molar-refractivity contribution is 5.68. The first-order chi connectivity index (χ1) is 6.65. The van der Waals surface area contributed by atoms with Gasteiger partial charge in [0.15, 0.2) is 0 Å². The zero-order valence-corrected chi connectivity index (χ0v) is 7.67. The molecule has 0 saturated heterocycles. The van der Waals surface area contributed by atoms with Gasteiger partial charge in [-0.25, -0.2) is 0 Å². The number of rotatable bonds is 5. The van der Waals surface area contributed by atoms with Gasteiger partial charge >= 0.3 is 5.97 Å². The molecule has 1 amide bonds. The molecule has 1 rings (SSSR count). The molecular weight excluding hydrogens is 186 g/mol. The molecule has 1 aromatic rings. The molecule has 0 aliphatic heterocycles. The fraction of sp³-hybridized carbons (Fsp3) is 0.375. The molecule has 76 valence electrons. The number of hydrogen-bond acceptors (Lipinski definition) is 3. The van der Waals surface area contributed by atoms with Crippen LogP contribution in [-0.4, -0.2) is 27.3 Å². The van der Waals surface area contributed by atoms with Crippen molar-refractivity contribution in [1.82, 2.24) is 15.1 Å². The van der Waals surface area contributed by atoms with Crippen molar-refractivity contribution in [3.63, 3.8) is 0 Å². The first-order valence-corrected chi connectivity index (χ1v) is 4.04. The first kappa shape index (κ1) is 10.2. The minimum Gasteiger partial charge on any atom is -0.481 e. The number of aryl methyl sites for hydroxylation is 1. The number of hydrogen-bond donors (Lipinski definition) is 2. The molecule has 0 saturated carbocycles. The number of carbonyl (C=O) groups is 2. The van der Waals surface area contributed by atoms with Crippen LogP contribution < -0.4 is 5.32 Å². The largest absolute Gasteiger partial charge is 0.481 e. The van der Waals surface area contributed by atoms with Crippen LogP contribution in [0.5, 0.6) is 0 Å². The summed E-state index contributed by atoms with van der Waals surface area (Å²) < 4.78 is 1.53. The van der Waals surface area contributed by atoms with E-state index in [2.05, 4.69) is 10.4 Å². The monoisotopic (exact) mass is 197 g/mol. The van der Waals surface area contributed by atoms with Crippen molar-refractivity contribution in [3.05, 3.63) is 18.0 Å². The zero-order valence-electron chi connectivity index (χ0n) is 7.67. The van der Waals surface area contributed by atoms with Gasteiger partial charge in [-0.2, -0.15) is 5.10 Å². The van der Waals surface area contributed by atoms with E-state index in [4.69, 9.17) is 5.11 Å². The average Bonchev–Trinajstić information content (AvgIpc) is 2.50. The van der Waals surface area contributed by atoms with E-state index in [1.165, 1.54) is 4.68 Å². The van der Waals surface area contributed by atoms with Crippen molar-refractivity contribution in [2.75, 3.05) is 0 Å². The summed E-state index contributed by atoms with van der Waals surface area (Å²) in [5.74, 6) is -0.967. The third-order valence-electron chi connectivity index (χ3n) is 1.86. The van der Waals surface area contributed by atoms with E-state index in [0.29, 0.717) is 12.1 Å². The van der Waals surface area contributed by atoms with Gasteiger partial charge in [-0.3, -0.25) is 14.3 Å². The predicted octanol–water partition coefficient (Wildman–Crippen LogP) is -0.318. The molecule has 6 nitrogen and oxygen atoms in total. The van der Waals surface area contributed by atoms with Gasteiger partial charge in [-0.05, 0) is 6.07 Å². The van der Waals surface area contributed by atoms with E-state index in [9.17, 15) is 9.59 Å². The maximum atomic E-state index is 10.5. The van der Waals surface area contributed by atoms with E-state index in [0.717, 1.165) is 0 Å². The van der Waals surface area contributed by atoms with E-state index in [1.54, 1.807) is 19.3 Å². The summed E-state index contributed by atoms with van der Waals surface area (Å²) in [6.45, 7) is 0. The lowest BCUT2D eigenvalue weighted by atomic mass is 10.1. The van der Waals surface area contributed by atoms with Gasteiger partial charge in [0.05, 0.1) is 18.2 Å². The summed E-state index contributed by atoms with van der Waals surface area (Å²) in [5.41, 5.74) is 0.666. The van der Waals surface area contributed by atoms with Crippen LogP contribution in [0.2, 0.25) is 0 Å². The summed E-state index contributed by atoms with van der Waals surface area (Å²) in [6, 6.07) is 1.14. The second kappa shape index (κ2) is 4.40. The Labute approximate surface area is 80.5 Å².